The molecular formula is C19H18N6O. The van der Waals surface area contributed by atoms with E-state index in [1.54, 1.807) is 10.7 Å². The first-order chi connectivity index (χ1) is 12.8. The van der Waals surface area contributed by atoms with Crippen LogP contribution in [0.5, 0.6) is 0 Å². The minimum atomic E-state index is 0.0917. The molecule has 1 aliphatic carbocycles. The lowest BCUT2D eigenvalue weighted by atomic mass is 10.2. The third-order valence-corrected chi connectivity index (χ3v) is 4.56. The molecule has 0 aliphatic heterocycles. The highest BCUT2D eigenvalue weighted by Gasteiger charge is 2.30. The first-order valence-corrected chi connectivity index (χ1v) is 8.80. The summed E-state index contributed by atoms with van der Waals surface area (Å²) >= 11 is 0. The zero-order valence-corrected chi connectivity index (χ0v) is 14.2. The van der Waals surface area contributed by atoms with Gasteiger partial charge in [0.05, 0.1) is 5.69 Å². The van der Waals surface area contributed by atoms with Gasteiger partial charge in [-0.3, -0.25) is 0 Å². The average Bonchev–Trinajstić information content (AvgIpc) is 3.28. The second-order valence-electron chi connectivity index (χ2n) is 6.58. The number of aliphatic hydroxyl groups is 1. The smallest absolute Gasteiger partial charge is 0.183 e. The van der Waals surface area contributed by atoms with Crippen LogP contribution in [0.25, 0.3) is 22.9 Å². The lowest BCUT2D eigenvalue weighted by molar-refractivity contribution is 0.299. The summed E-state index contributed by atoms with van der Waals surface area (Å²) in [5.74, 6) is 2.08. The molecule has 0 atom stereocenters. The van der Waals surface area contributed by atoms with Crippen LogP contribution in [0.3, 0.4) is 0 Å². The van der Waals surface area contributed by atoms with Crippen molar-refractivity contribution in [2.45, 2.75) is 25.2 Å². The molecule has 1 fully saturated rings. The van der Waals surface area contributed by atoms with Crippen LogP contribution in [0, 0.1) is 0 Å². The average molecular weight is 346 g/mol. The Morgan fingerprint density at radius 1 is 1.12 bits per heavy atom. The second-order valence-corrected chi connectivity index (χ2v) is 6.58. The maximum atomic E-state index is 9.12. The molecule has 0 spiro atoms. The Balaban J connectivity index is 1.63. The molecule has 26 heavy (non-hydrogen) atoms. The highest BCUT2D eigenvalue weighted by atomic mass is 16.2. The number of fused-ring (bicyclic) bond motifs is 1. The third-order valence-electron chi connectivity index (χ3n) is 4.56. The number of hydrogen-bond acceptors (Lipinski definition) is 5. The van der Waals surface area contributed by atoms with Crippen LogP contribution in [0.4, 0.5) is 0 Å². The minimum Gasteiger partial charge on any atom is -0.396 e. The van der Waals surface area contributed by atoms with E-state index in [-0.39, 0.29) is 6.61 Å². The zero-order chi connectivity index (χ0) is 17.5. The molecule has 5 rings (SSSR count). The fraction of sp³-hybridized carbons (Fsp3) is 0.263. The van der Waals surface area contributed by atoms with Crippen LogP contribution >= 0.6 is 0 Å². The second kappa shape index (κ2) is 6.03. The number of para-hydroxylation sites is 1. The highest BCUT2D eigenvalue weighted by Crippen LogP contribution is 2.39. The van der Waals surface area contributed by atoms with Gasteiger partial charge >= 0.3 is 0 Å². The number of benzene rings is 1. The number of aliphatic hydroxyl groups excluding tert-OH is 1. The summed E-state index contributed by atoms with van der Waals surface area (Å²) in [4.78, 5) is 9.22. The predicted molar refractivity (Wildman–Crippen MR) is 96.1 cm³/mol. The molecular weight excluding hydrogens is 328 g/mol. The van der Waals surface area contributed by atoms with Gasteiger partial charge < -0.3 is 5.11 Å². The van der Waals surface area contributed by atoms with Crippen molar-refractivity contribution < 1.29 is 5.11 Å². The van der Waals surface area contributed by atoms with Crippen molar-refractivity contribution in [2.75, 3.05) is 6.61 Å². The van der Waals surface area contributed by atoms with Crippen LogP contribution in [-0.4, -0.2) is 41.1 Å². The van der Waals surface area contributed by atoms with Crippen molar-refractivity contribution in [3.63, 3.8) is 0 Å². The van der Waals surface area contributed by atoms with Gasteiger partial charge in [0.1, 0.15) is 5.69 Å². The minimum absolute atomic E-state index is 0.0917. The molecule has 0 radical (unpaired) electrons. The first kappa shape index (κ1) is 15.2. The van der Waals surface area contributed by atoms with E-state index in [1.165, 1.54) is 0 Å². The molecule has 0 bridgehead atoms. The van der Waals surface area contributed by atoms with Gasteiger partial charge in [-0.2, -0.15) is 10.2 Å². The van der Waals surface area contributed by atoms with E-state index < -0.39 is 0 Å². The summed E-state index contributed by atoms with van der Waals surface area (Å²) in [5, 5.41) is 18.5. The van der Waals surface area contributed by atoms with Gasteiger partial charge in [-0.1, -0.05) is 18.2 Å². The predicted octanol–water partition coefficient (Wildman–Crippen LogP) is 2.39. The summed E-state index contributed by atoms with van der Waals surface area (Å²) in [5.41, 5.74) is 3.39. The number of nitrogens with zero attached hydrogens (tertiary/aromatic N) is 6. The fourth-order valence-corrected chi connectivity index (χ4v) is 3.04. The molecule has 4 aromatic rings. The molecule has 1 saturated carbocycles. The van der Waals surface area contributed by atoms with Gasteiger partial charge in [0, 0.05) is 31.0 Å². The van der Waals surface area contributed by atoms with Gasteiger partial charge in [0.25, 0.3) is 0 Å². The number of aromatic nitrogens is 6. The normalized spacial score (nSPS) is 14.2. The topological polar surface area (TPSA) is 81.1 Å². The summed E-state index contributed by atoms with van der Waals surface area (Å²) in [7, 11) is 0. The van der Waals surface area contributed by atoms with Crippen molar-refractivity contribution in [1.29, 1.82) is 0 Å². The lowest BCUT2D eigenvalue weighted by Crippen LogP contribution is -2.00. The Kier molecular flexibility index (Phi) is 3.53. The molecule has 7 heteroatoms. The van der Waals surface area contributed by atoms with Gasteiger partial charge in [0.2, 0.25) is 0 Å². The van der Waals surface area contributed by atoms with Crippen LogP contribution in [0.15, 0.2) is 48.8 Å². The van der Waals surface area contributed by atoms with E-state index in [4.69, 9.17) is 15.2 Å². The van der Waals surface area contributed by atoms with E-state index in [0.29, 0.717) is 12.3 Å². The van der Waals surface area contributed by atoms with Gasteiger partial charge in [0.15, 0.2) is 17.3 Å². The van der Waals surface area contributed by atoms with Crippen molar-refractivity contribution in [2.24, 2.45) is 0 Å². The Morgan fingerprint density at radius 3 is 2.73 bits per heavy atom. The summed E-state index contributed by atoms with van der Waals surface area (Å²) in [6.07, 6.45) is 6.52. The Labute approximate surface area is 150 Å². The molecule has 1 aliphatic rings. The Morgan fingerprint density at radius 2 is 1.96 bits per heavy atom. The van der Waals surface area contributed by atoms with Crippen LogP contribution < -0.4 is 0 Å². The van der Waals surface area contributed by atoms with E-state index in [1.807, 2.05) is 47.3 Å². The summed E-state index contributed by atoms with van der Waals surface area (Å²) < 4.78 is 3.60. The van der Waals surface area contributed by atoms with Crippen molar-refractivity contribution in [3.05, 3.63) is 60.2 Å². The molecule has 0 amide bonds. The zero-order valence-electron chi connectivity index (χ0n) is 14.2. The van der Waals surface area contributed by atoms with Crippen molar-refractivity contribution in [3.8, 4) is 17.2 Å². The van der Waals surface area contributed by atoms with E-state index in [2.05, 4.69) is 10.1 Å². The molecule has 0 unspecified atom stereocenters. The van der Waals surface area contributed by atoms with Crippen LogP contribution in [0.1, 0.15) is 30.1 Å². The molecule has 1 N–H and O–H groups in total. The van der Waals surface area contributed by atoms with E-state index >= 15 is 0 Å². The number of rotatable bonds is 5. The Hall–Kier alpha value is -3.06. The fourth-order valence-electron chi connectivity index (χ4n) is 3.04. The van der Waals surface area contributed by atoms with E-state index in [9.17, 15) is 0 Å². The maximum absolute atomic E-state index is 9.12. The molecule has 130 valence electrons. The van der Waals surface area contributed by atoms with E-state index in [0.717, 1.165) is 47.1 Å². The maximum Gasteiger partial charge on any atom is 0.183 e. The quantitative estimate of drug-likeness (QED) is 0.600. The van der Waals surface area contributed by atoms with Gasteiger partial charge in [-0.15, -0.1) is 0 Å². The third kappa shape index (κ3) is 2.66. The molecule has 3 aromatic heterocycles. The van der Waals surface area contributed by atoms with Crippen LogP contribution in [-0.2, 0) is 6.42 Å². The van der Waals surface area contributed by atoms with Crippen molar-refractivity contribution >= 4 is 5.65 Å². The first-order valence-electron chi connectivity index (χ1n) is 8.80. The standard InChI is InChI=1S/C19H18N6O/c26-9-8-13-11-20-17-10-16(22-24(17)12-13)19-21-18(14-6-7-14)23-25(19)15-4-2-1-3-5-15/h1-5,10-12,14,26H,6-9H2. The van der Waals surface area contributed by atoms with Gasteiger partial charge in [-0.25, -0.2) is 19.2 Å². The molecule has 0 saturated heterocycles. The molecule has 3 heterocycles. The molecule has 1 aromatic carbocycles. The monoisotopic (exact) mass is 346 g/mol. The highest BCUT2D eigenvalue weighted by molar-refractivity contribution is 5.60. The molecule has 7 nitrogen and oxygen atoms in total. The summed E-state index contributed by atoms with van der Waals surface area (Å²) in [6, 6.07) is 11.9. The number of hydrogen-bond donors (Lipinski definition) is 1. The SMILES string of the molecule is OCCc1cnc2cc(-c3nc(C4CC4)nn3-c3ccccc3)nn2c1. The van der Waals surface area contributed by atoms with Gasteiger partial charge in [-0.05, 0) is 37.0 Å². The Bertz CT molecular complexity index is 1060. The van der Waals surface area contributed by atoms with Crippen molar-refractivity contribution in [1.82, 2.24) is 29.4 Å². The largest absolute Gasteiger partial charge is 0.396 e. The van der Waals surface area contributed by atoms with Crippen LogP contribution in [0.2, 0.25) is 0 Å². The lowest BCUT2D eigenvalue weighted by Gasteiger charge is -2.03. The summed E-state index contributed by atoms with van der Waals surface area (Å²) in [6.45, 7) is 0.0917.